The molecule has 0 aromatic rings. The van der Waals surface area contributed by atoms with Gasteiger partial charge < -0.3 is 5.11 Å². The van der Waals surface area contributed by atoms with Crippen LogP contribution in [0.15, 0.2) is 0 Å². The van der Waals surface area contributed by atoms with Crippen molar-refractivity contribution in [2.45, 2.75) is 110 Å². The molecule has 0 fully saturated rings. The van der Waals surface area contributed by atoms with Gasteiger partial charge in [0.05, 0.1) is 6.10 Å². The Kier molecular flexibility index (Phi) is 15.0. The van der Waals surface area contributed by atoms with Crippen molar-refractivity contribution in [3.8, 4) is 0 Å². The van der Waals surface area contributed by atoms with Crippen LogP contribution in [0.5, 0.6) is 0 Å². The lowest BCUT2D eigenvalue weighted by molar-refractivity contribution is 0.150. The summed E-state index contributed by atoms with van der Waals surface area (Å²) < 4.78 is 0. The predicted octanol–water partition coefficient (Wildman–Crippen LogP) is 5.85. The van der Waals surface area contributed by atoms with E-state index in [9.17, 15) is 5.11 Å². The van der Waals surface area contributed by atoms with Crippen LogP contribution in [-0.4, -0.2) is 11.2 Å². The molecule has 0 bridgehead atoms. The zero-order valence-electron chi connectivity index (χ0n) is 12.9. The molecule has 0 aliphatic heterocycles. The van der Waals surface area contributed by atoms with Crippen LogP contribution >= 0.6 is 0 Å². The molecule has 0 aromatic carbocycles. The van der Waals surface area contributed by atoms with E-state index in [-0.39, 0.29) is 6.10 Å². The fraction of sp³-hybridized carbons (Fsp3) is 1.00. The van der Waals surface area contributed by atoms with Gasteiger partial charge in [-0.1, -0.05) is 90.9 Å². The van der Waals surface area contributed by atoms with Crippen molar-refractivity contribution >= 4 is 0 Å². The van der Waals surface area contributed by atoms with Crippen LogP contribution in [0.25, 0.3) is 0 Å². The highest BCUT2D eigenvalue weighted by molar-refractivity contribution is 4.55. The van der Waals surface area contributed by atoms with Crippen LogP contribution in [0.1, 0.15) is 104 Å². The molecular formula is C17H36O. The number of aliphatic hydroxyl groups excluding tert-OH is 1. The minimum absolute atomic E-state index is 0.0337. The van der Waals surface area contributed by atoms with E-state index < -0.39 is 0 Å². The Morgan fingerprint density at radius 1 is 0.556 bits per heavy atom. The van der Waals surface area contributed by atoms with Crippen molar-refractivity contribution in [1.82, 2.24) is 0 Å². The van der Waals surface area contributed by atoms with Crippen molar-refractivity contribution in [2.75, 3.05) is 0 Å². The first-order valence-electron chi connectivity index (χ1n) is 8.49. The first kappa shape index (κ1) is 18.0. The summed E-state index contributed by atoms with van der Waals surface area (Å²) in [6, 6.07) is 0. The minimum Gasteiger partial charge on any atom is -0.393 e. The molecule has 0 amide bonds. The molecule has 0 saturated heterocycles. The molecule has 0 saturated carbocycles. The summed E-state index contributed by atoms with van der Waals surface area (Å²) in [5, 5.41) is 9.59. The second kappa shape index (κ2) is 15.0. The fourth-order valence-electron chi connectivity index (χ4n) is 2.52. The standard InChI is InChI=1S/C17H36O/c1-3-5-6-7-8-9-10-11-12-13-14-16-17(18)15-4-2/h17-18H,3-16H2,1-2H3/t17-/m1/s1. The number of hydrogen-bond donors (Lipinski definition) is 1. The average molecular weight is 256 g/mol. The number of hydrogen-bond acceptors (Lipinski definition) is 1. The van der Waals surface area contributed by atoms with Gasteiger partial charge in [0.15, 0.2) is 0 Å². The van der Waals surface area contributed by atoms with Gasteiger partial charge in [0.2, 0.25) is 0 Å². The molecule has 1 heteroatoms. The van der Waals surface area contributed by atoms with E-state index in [0.29, 0.717) is 0 Å². The first-order chi connectivity index (χ1) is 8.81. The zero-order chi connectivity index (χ0) is 13.5. The Hall–Kier alpha value is -0.0400. The van der Waals surface area contributed by atoms with Gasteiger partial charge in [-0.15, -0.1) is 0 Å². The van der Waals surface area contributed by atoms with Crippen LogP contribution in [0, 0.1) is 0 Å². The monoisotopic (exact) mass is 256 g/mol. The van der Waals surface area contributed by atoms with Crippen molar-refractivity contribution < 1.29 is 5.11 Å². The fourth-order valence-corrected chi connectivity index (χ4v) is 2.52. The predicted molar refractivity (Wildman–Crippen MR) is 82.0 cm³/mol. The minimum atomic E-state index is -0.0337. The van der Waals surface area contributed by atoms with Gasteiger partial charge in [-0.3, -0.25) is 0 Å². The summed E-state index contributed by atoms with van der Waals surface area (Å²) >= 11 is 0. The molecular weight excluding hydrogens is 220 g/mol. The highest BCUT2D eigenvalue weighted by Crippen LogP contribution is 2.13. The second-order valence-electron chi connectivity index (χ2n) is 5.77. The highest BCUT2D eigenvalue weighted by atomic mass is 16.3. The largest absolute Gasteiger partial charge is 0.393 e. The third-order valence-electron chi connectivity index (χ3n) is 3.76. The van der Waals surface area contributed by atoms with Crippen LogP contribution in [-0.2, 0) is 0 Å². The van der Waals surface area contributed by atoms with E-state index in [1.165, 1.54) is 70.6 Å². The van der Waals surface area contributed by atoms with Gasteiger partial charge in [0.25, 0.3) is 0 Å². The number of rotatable bonds is 14. The zero-order valence-corrected chi connectivity index (χ0v) is 12.9. The van der Waals surface area contributed by atoms with Crippen molar-refractivity contribution in [3.05, 3.63) is 0 Å². The maximum absolute atomic E-state index is 9.59. The third-order valence-corrected chi connectivity index (χ3v) is 3.76. The third kappa shape index (κ3) is 14.0. The van der Waals surface area contributed by atoms with Crippen molar-refractivity contribution in [1.29, 1.82) is 0 Å². The summed E-state index contributed by atoms with van der Waals surface area (Å²) in [5.74, 6) is 0. The highest BCUT2D eigenvalue weighted by Gasteiger charge is 2.01. The molecule has 1 N–H and O–H groups in total. The Bertz CT molecular complexity index is 145. The summed E-state index contributed by atoms with van der Waals surface area (Å²) in [6.07, 6.45) is 18.3. The molecule has 110 valence electrons. The van der Waals surface area contributed by atoms with Crippen LogP contribution in [0.4, 0.5) is 0 Å². The van der Waals surface area contributed by atoms with Crippen molar-refractivity contribution in [3.63, 3.8) is 0 Å². The molecule has 0 unspecified atom stereocenters. The lowest BCUT2D eigenvalue weighted by Gasteiger charge is -2.08. The molecule has 0 aliphatic rings. The van der Waals surface area contributed by atoms with E-state index in [0.717, 1.165) is 19.3 Å². The molecule has 1 atom stereocenters. The Morgan fingerprint density at radius 3 is 1.44 bits per heavy atom. The summed E-state index contributed by atoms with van der Waals surface area (Å²) in [4.78, 5) is 0. The Morgan fingerprint density at radius 2 is 1.00 bits per heavy atom. The smallest absolute Gasteiger partial charge is 0.0540 e. The molecule has 0 radical (unpaired) electrons. The summed E-state index contributed by atoms with van der Waals surface area (Å²) in [6.45, 7) is 4.42. The maximum atomic E-state index is 9.59. The van der Waals surface area contributed by atoms with Gasteiger partial charge >= 0.3 is 0 Å². The summed E-state index contributed by atoms with van der Waals surface area (Å²) in [7, 11) is 0. The van der Waals surface area contributed by atoms with Gasteiger partial charge in [-0.25, -0.2) is 0 Å². The van der Waals surface area contributed by atoms with Gasteiger partial charge in [-0.05, 0) is 12.8 Å². The van der Waals surface area contributed by atoms with Crippen LogP contribution in [0.2, 0.25) is 0 Å². The second-order valence-corrected chi connectivity index (χ2v) is 5.77. The Balaban J connectivity index is 2.98. The van der Waals surface area contributed by atoms with Crippen LogP contribution in [0.3, 0.4) is 0 Å². The molecule has 18 heavy (non-hydrogen) atoms. The quantitative estimate of drug-likeness (QED) is 0.387. The first-order valence-corrected chi connectivity index (χ1v) is 8.49. The van der Waals surface area contributed by atoms with Crippen LogP contribution < -0.4 is 0 Å². The lowest BCUT2D eigenvalue weighted by atomic mass is 10.0. The van der Waals surface area contributed by atoms with E-state index >= 15 is 0 Å². The van der Waals surface area contributed by atoms with E-state index in [2.05, 4.69) is 13.8 Å². The number of unbranched alkanes of at least 4 members (excludes halogenated alkanes) is 10. The molecule has 1 nitrogen and oxygen atoms in total. The molecule has 0 aliphatic carbocycles. The van der Waals surface area contributed by atoms with Crippen molar-refractivity contribution in [2.24, 2.45) is 0 Å². The lowest BCUT2D eigenvalue weighted by Crippen LogP contribution is -2.04. The van der Waals surface area contributed by atoms with E-state index in [1.54, 1.807) is 0 Å². The van der Waals surface area contributed by atoms with E-state index in [1.807, 2.05) is 0 Å². The molecule has 0 rings (SSSR count). The molecule has 0 aromatic heterocycles. The Labute approximate surface area is 115 Å². The topological polar surface area (TPSA) is 20.2 Å². The van der Waals surface area contributed by atoms with Gasteiger partial charge in [0, 0.05) is 0 Å². The normalized spacial score (nSPS) is 12.8. The average Bonchev–Trinajstić information content (AvgIpc) is 2.36. The summed E-state index contributed by atoms with van der Waals surface area (Å²) in [5.41, 5.74) is 0. The maximum Gasteiger partial charge on any atom is 0.0540 e. The van der Waals surface area contributed by atoms with Gasteiger partial charge in [-0.2, -0.15) is 0 Å². The van der Waals surface area contributed by atoms with Gasteiger partial charge in [0.1, 0.15) is 0 Å². The van der Waals surface area contributed by atoms with E-state index in [4.69, 9.17) is 0 Å². The SMILES string of the molecule is CCCCCCCCCCCCC[C@H](O)CCC. The number of aliphatic hydroxyl groups is 1. The molecule has 0 heterocycles. The molecule has 0 spiro atoms.